The number of nitrogens with zero attached hydrogens (tertiary/aromatic N) is 2. The van der Waals surface area contributed by atoms with E-state index in [9.17, 15) is 18.3 Å². The highest BCUT2D eigenvalue weighted by molar-refractivity contribution is 7.90. The quantitative estimate of drug-likeness (QED) is 0.367. The van der Waals surface area contributed by atoms with Crippen LogP contribution in [0, 0.1) is 17.8 Å². The smallest absolute Gasteiger partial charge is 0.335 e. The molecule has 2 fully saturated rings. The second-order valence-electron chi connectivity index (χ2n) is 11.2. The minimum absolute atomic E-state index is 0.0262. The van der Waals surface area contributed by atoms with Crippen LogP contribution < -0.4 is 9.46 Å². The van der Waals surface area contributed by atoms with E-state index in [-0.39, 0.29) is 23.5 Å². The zero-order valence-corrected chi connectivity index (χ0v) is 24.0. The van der Waals surface area contributed by atoms with Crippen LogP contribution in [0.25, 0.3) is 0 Å². The van der Waals surface area contributed by atoms with Crippen LogP contribution in [0.5, 0.6) is 5.75 Å². The van der Waals surface area contributed by atoms with E-state index in [1.54, 1.807) is 11.3 Å². The summed E-state index contributed by atoms with van der Waals surface area (Å²) >= 11 is 1.68. The van der Waals surface area contributed by atoms with Gasteiger partial charge in [0.25, 0.3) is 0 Å². The zero-order chi connectivity index (χ0) is 26.9. The van der Waals surface area contributed by atoms with Crippen LogP contribution >= 0.6 is 11.3 Å². The molecule has 2 aromatic rings. The van der Waals surface area contributed by atoms with Crippen LogP contribution in [-0.4, -0.2) is 35.9 Å². The second kappa shape index (κ2) is 11.5. The zero-order valence-electron chi connectivity index (χ0n) is 22.3. The molecule has 5 rings (SSSR count). The number of anilines is 1. The number of methoxy groups -OCH3 is 1. The first-order chi connectivity index (χ1) is 18.3. The van der Waals surface area contributed by atoms with E-state index in [1.807, 2.05) is 0 Å². The molecule has 38 heavy (non-hydrogen) atoms. The number of rotatable bonds is 9. The minimum atomic E-state index is -3.86. The third-order valence-corrected chi connectivity index (χ3v) is 11.5. The lowest BCUT2D eigenvalue weighted by Crippen LogP contribution is -2.32. The van der Waals surface area contributed by atoms with E-state index in [0.29, 0.717) is 12.5 Å². The average molecular weight is 562 g/mol. The maximum Gasteiger partial charge on any atom is 0.335 e. The van der Waals surface area contributed by atoms with Crippen LogP contribution in [0.15, 0.2) is 18.2 Å². The summed E-state index contributed by atoms with van der Waals surface area (Å²) in [6.45, 7) is 2.85. The number of hydrogen-bond acceptors (Lipinski definition) is 6. The number of hydrogen-bond donors (Lipinski definition) is 2. The molecular formula is C28H39N3O5S2. The lowest BCUT2D eigenvalue weighted by molar-refractivity contribution is 0.0696. The highest BCUT2D eigenvalue weighted by atomic mass is 32.2. The Morgan fingerprint density at radius 2 is 1.79 bits per heavy atom. The van der Waals surface area contributed by atoms with Crippen molar-refractivity contribution in [1.82, 2.24) is 9.29 Å². The fourth-order valence-electron chi connectivity index (χ4n) is 6.68. The fraction of sp³-hybridized carbons (Fsp3) is 0.643. The summed E-state index contributed by atoms with van der Waals surface area (Å²) in [5, 5.41) is 10.4. The summed E-state index contributed by atoms with van der Waals surface area (Å²) in [5.74, 6) is 2.30. The van der Waals surface area contributed by atoms with E-state index in [2.05, 4.69) is 11.6 Å². The number of fused-ring (bicyclic) bond motifs is 1. The minimum Gasteiger partial charge on any atom is -0.495 e. The van der Waals surface area contributed by atoms with Crippen LogP contribution in [0.2, 0.25) is 0 Å². The lowest BCUT2D eigenvalue weighted by Gasteiger charge is -2.37. The van der Waals surface area contributed by atoms with Gasteiger partial charge in [0, 0.05) is 10.8 Å². The van der Waals surface area contributed by atoms with Gasteiger partial charge in [-0.05, 0) is 74.5 Å². The van der Waals surface area contributed by atoms with Gasteiger partial charge in [-0.2, -0.15) is 12.7 Å². The molecule has 0 unspecified atom stereocenters. The number of aromatic carboxylic acids is 1. The van der Waals surface area contributed by atoms with E-state index < -0.39 is 16.2 Å². The van der Waals surface area contributed by atoms with Crippen molar-refractivity contribution < 1.29 is 23.1 Å². The van der Waals surface area contributed by atoms with Crippen LogP contribution in [0.1, 0.15) is 103 Å². The Morgan fingerprint density at radius 1 is 1.11 bits per heavy atom. The molecule has 3 aliphatic rings. The van der Waals surface area contributed by atoms with E-state index in [4.69, 9.17) is 9.72 Å². The lowest BCUT2D eigenvalue weighted by atomic mass is 9.69. The molecule has 0 saturated heterocycles. The predicted octanol–water partition coefficient (Wildman–Crippen LogP) is 6.40. The topological polar surface area (TPSA) is 109 Å². The van der Waals surface area contributed by atoms with Crippen LogP contribution in [-0.2, 0) is 23.3 Å². The molecule has 8 nitrogen and oxygen atoms in total. The molecule has 208 valence electrons. The van der Waals surface area contributed by atoms with Crippen LogP contribution in [0.3, 0.4) is 0 Å². The molecule has 2 N–H and O–H groups in total. The van der Waals surface area contributed by atoms with Gasteiger partial charge in [0.1, 0.15) is 5.75 Å². The molecule has 2 heterocycles. The maximum absolute atomic E-state index is 13.1. The highest BCUT2D eigenvalue weighted by Gasteiger charge is 2.36. The van der Waals surface area contributed by atoms with Gasteiger partial charge in [-0.3, -0.25) is 4.72 Å². The first-order valence-corrected chi connectivity index (χ1v) is 16.2. The molecule has 0 amide bonds. The van der Waals surface area contributed by atoms with Crippen molar-refractivity contribution in [2.75, 3.05) is 11.8 Å². The largest absolute Gasteiger partial charge is 0.495 e. The second-order valence-corrected chi connectivity index (χ2v) is 14.0. The summed E-state index contributed by atoms with van der Waals surface area (Å²) in [6, 6.07) is 4.07. The number of carboxylic acid groups (broad SMARTS) is 1. The molecule has 0 atom stereocenters. The van der Waals surface area contributed by atoms with Gasteiger partial charge in [0.05, 0.1) is 42.2 Å². The van der Waals surface area contributed by atoms with Gasteiger partial charge < -0.3 is 9.84 Å². The number of carbonyl (C=O) groups is 1. The molecular weight excluding hydrogens is 522 g/mol. The Labute approximate surface area is 230 Å². The normalized spacial score (nSPS) is 26.2. The Bertz CT molecular complexity index is 1220. The van der Waals surface area contributed by atoms with Crippen molar-refractivity contribution >= 4 is 33.2 Å². The van der Waals surface area contributed by atoms with Crippen molar-refractivity contribution in [2.24, 2.45) is 17.8 Å². The molecule has 2 aliphatic carbocycles. The van der Waals surface area contributed by atoms with Crippen molar-refractivity contribution in [1.29, 1.82) is 0 Å². The number of benzene rings is 1. The van der Waals surface area contributed by atoms with Crippen molar-refractivity contribution in [3.05, 3.63) is 39.3 Å². The predicted molar refractivity (Wildman–Crippen MR) is 149 cm³/mol. The van der Waals surface area contributed by atoms with Gasteiger partial charge in [0.2, 0.25) is 0 Å². The Morgan fingerprint density at radius 3 is 2.39 bits per heavy atom. The number of ether oxygens (including phenoxy) is 1. The number of nitrogens with one attached hydrogen (secondary N) is 1. The Kier molecular flexibility index (Phi) is 8.30. The SMILES string of the molecule is CCC[C@H]1CC[C@H](C2CCC(c3nc4c(s3)CN(S(=O)(=O)Nc3ccc(C(=O)O)cc3OC)C4)CC2)CC1. The van der Waals surface area contributed by atoms with Crippen molar-refractivity contribution in [3.63, 3.8) is 0 Å². The summed E-state index contributed by atoms with van der Waals surface area (Å²) in [5.41, 5.74) is 1.09. The molecule has 2 saturated carbocycles. The van der Waals surface area contributed by atoms with E-state index >= 15 is 0 Å². The molecule has 1 aliphatic heterocycles. The molecule has 1 aromatic carbocycles. The van der Waals surface area contributed by atoms with Gasteiger partial charge in [-0.15, -0.1) is 11.3 Å². The van der Waals surface area contributed by atoms with E-state index in [1.165, 1.54) is 98.8 Å². The summed E-state index contributed by atoms with van der Waals surface area (Å²) in [6.07, 6.45) is 13.4. The van der Waals surface area contributed by atoms with Gasteiger partial charge in [0.15, 0.2) is 0 Å². The number of aromatic nitrogens is 1. The highest BCUT2D eigenvalue weighted by Crippen LogP contribution is 2.46. The van der Waals surface area contributed by atoms with Crippen molar-refractivity contribution in [3.8, 4) is 5.75 Å². The van der Waals surface area contributed by atoms with E-state index in [0.717, 1.165) is 28.3 Å². The first kappa shape index (κ1) is 27.4. The fourth-order valence-corrected chi connectivity index (χ4v) is 9.19. The third kappa shape index (κ3) is 5.87. The number of thiazole rings is 1. The van der Waals surface area contributed by atoms with Gasteiger partial charge in [-0.1, -0.05) is 32.6 Å². The summed E-state index contributed by atoms with van der Waals surface area (Å²) in [4.78, 5) is 17.2. The summed E-state index contributed by atoms with van der Waals surface area (Å²) in [7, 11) is -2.48. The Hall–Kier alpha value is -2.17. The number of carboxylic acids is 1. The average Bonchev–Trinajstić information content (AvgIpc) is 3.50. The Balaban J connectivity index is 1.16. The molecule has 1 aromatic heterocycles. The molecule has 0 radical (unpaired) electrons. The summed E-state index contributed by atoms with van der Waals surface area (Å²) < 4.78 is 35.4. The van der Waals surface area contributed by atoms with Crippen molar-refractivity contribution in [2.45, 2.75) is 90.1 Å². The van der Waals surface area contributed by atoms with Gasteiger partial charge in [-0.25, -0.2) is 9.78 Å². The maximum atomic E-state index is 13.1. The molecule has 10 heteroatoms. The molecule has 0 bridgehead atoms. The first-order valence-electron chi connectivity index (χ1n) is 13.9. The monoisotopic (exact) mass is 561 g/mol. The third-order valence-electron chi connectivity index (χ3n) is 8.84. The standard InChI is InChI=1S/C28H39N3O5S2/c1-3-4-18-5-7-19(8-6-18)20-9-11-21(12-10-20)27-29-24-16-31(17-26(24)37-27)38(34,35)30-23-14-13-22(28(32)33)15-25(23)36-2/h13-15,18-21,30H,3-12,16-17H2,1-2H3,(H,32,33)/t18-,19-,20?,21?. The van der Waals surface area contributed by atoms with Crippen LogP contribution in [0.4, 0.5) is 5.69 Å². The molecule has 0 spiro atoms. The van der Waals surface area contributed by atoms with Gasteiger partial charge >= 0.3 is 16.2 Å².